The summed E-state index contributed by atoms with van der Waals surface area (Å²) in [7, 11) is 0. The lowest BCUT2D eigenvalue weighted by atomic mass is 10.1. The molecule has 8 heteroatoms. The van der Waals surface area contributed by atoms with Gasteiger partial charge in [-0.2, -0.15) is 5.10 Å². The van der Waals surface area contributed by atoms with Gasteiger partial charge in [0.1, 0.15) is 11.6 Å². The SMILES string of the molecule is C=CCOC[C@@H](O)CN(Cc1c(C)nn(-c2ccccc2)c1Oc1cccc(F)c1)C[C@H]1CCCO1. The molecule has 1 N–H and O–H groups in total. The first-order valence-corrected chi connectivity index (χ1v) is 12.3. The Morgan fingerprint density at radius 2 is 2.11 bits per heavy atom. The van der Waals surface area contributed by atoms with Crippen LogP contribution in [-0.4, -0.2) is 64.9 Å². The van der Waals surface area contributed by atoms with Crippen molar-refractivity contribution in [2.24, 2.45) is 0 Å². The number of hydrogen-bond acceptors (Lipinski definition) is 6. The van der Waals surface area contributed by atoms with Gasteiger partial charge in [-0.15, -0.1) is 6.58 Å². The number of benzene rings is 2. The quantitative estimate of drug-likeness (QED) is 0.275. The first-order chi connectivity index (χ1) is 17.5. The van der Waals surface area contributed by atoms with Crippen molar-refractivity contribution in [2.75, 3.05) is 32.9 Å². The van der Waals surface area contributed by atoms with Gasteiger partial charge in [0.15, 0.2) is 0 Å². The molecule has 36 heavy (non-hydrogen) atoms. The van der Waals surface area contributed by atoms with E-state index in [1.165, 1.54) is 12.1 Å². The third-order valence-corrected chi connectivity index (χ3v) is 6.03. The molecular formula is C28H34FN3O4. The molecule has 0 saturated carbocycles. The molecule has 0 spiro atoms. The van der Waals surface area contributed by atoms with Crippen LogP contribution in [0.15, 0.2) is 67.3 Å². The Morgan fingerprint density at radius 1 is 1.28 bits per heavy atom. The first kappa shape index (κ1) is 26.0. The number of aliphatic hydroxyl groups is 1. The lowest BCUT2D eigenvalue weighted by Crippen LogP contribution is -2.39. The van der Waals surface area contributed by atoms with Gasteiger partial charge in [0, 0.05) is 32.3 Å². The van der Waals surface area contributed by atoms with E-state index in [4.69, 9.17) is 19.3 Å². The lowest BCUT2D eigenvalue weighted by Gasteiger charge is -2.27. The number of halogens is 1. The molecule has 1 aliphatic heterocycles. The van der Waals surface area contributed by atoms with Crippen LogP contribution in [0.1, 0.15) is 24.1 Å². The van der Waals surface area contributed by atoms with E-state index in [1.807, 2.05) is 37.3 Å². The summed E-state index contributed by atoms with van der Waals surface area (Å²) in [6, 6.07) is 15.8. The zero-order valence-electron chi connectivity index (χ0n) is 20.7. The second-order valence-electron chi connectivity index (χ2n) is 8.98. The summed E-state index contributed by atoms with van der Waals surface area (Å²) >= 11 is 0. The molecule has 2 heterocycles. The highest BCUT2D eigenvalue weighted by Crippen LogP contribution is 2.32. The number of aliphatic hydroxyl groups excluding tert-OH is 1. The van der Waals surface area contributed by atoms with Gasteiger partial charge in [-0.1, -0.05) is 30.3 Å². The summed E-state index contributed by atoms with van der Waals surface area (Å²) in [5.74, 6) is 0.523. The molecule has 192 valence electrons. The van der Waals surface area contributed by atoms with E-state index in [2.05, 4.69) is 11.5 Å². The third kappa shape index (κ3) is 7.01. The molecular weight excluding hydrogens is 461 g/mol. The average molecular weight is 496 g/mol. The van der Waals surface area contributed by atoms with E-state index in [9.17, 15) is 9.50 Å². The van der Waals surface area contributed by atoms with Crippen molar-refractivity contribution in [3.8, 4) is 17.3 Å². The molecule has 3 aromatic rings. The molecule has 0 bridgehead atoms. The maximum Gasteiger partial charge on any atom is 0.227 e. The summed E-state index contributed by atoms with van der Waals surface area (Å²) in [5, 5.41) is 15.4. The van der Waals surface area contributed by atoms with Gasteiger partial charge in [-0.25, -0.2) is 9.07 Å². The zero-order chi connectivity index (χ0) is 25.3. The van der Waals surface area contributed by atoms with E-state index >= 15 is 0 Å². The number of aryl methyl sites for hydroxylation is 1. The van der Waals surface area contributed by atoms with Crippen molar-refractivity contribution >= 4 is 0 Å². The van der Waals surface area contributed by atoms with E-state index in [-0.39, 0.29) is 18.5 Å². The number of para-hydroxylation sites is 1. The molecule has 0 amide bonds. The number of nitrogens with zero attached hydrogens (tertiary/aromatic N) is 3. The van der Waals surface area contributed by atoms with Gasteiger partial charge in [0.25, 0.3) is 0 Å². The van der Waals surface area contributed by atoms with E-state index in [1.54, 1.807) is 22.9 Å². The second-order valence-corrected chi connectivity index (χ2v) is 8.98. The van der Waals surface area contributed by atoms with Crippen molar-refractivity contribution < 1.29 is 23.7 Å². The average Bonchev–Trinajstić information content (AvgIpc) is 3.48. The molecule has 1 aliphatic rings. The molecule has 1 saturated heterocycles. The number of aromatic nitrogens is 2. The lowest BCUT2D eigenvalue weighted by molar-refractivity contribution is 0.00836. The highest BCUT2D eigenvalue weighted by Gasteiger charge is 2.26. The highest BCUT2D eigenvalue weighted by atomic mass is 19.1. The Hall–Kier alpha value is -3.04. The molecule has 7 nitrogen and oxygen atoms in total. The predicted molar refractivity (Wildman–Crippen MR) is 136 cm³/mol. The minimum atomic E-state index is -0.677. The van der Waals surface area contributed by atoms with Crippen molar-refractivity contribution in [3.63, 3.8) is 0 Å². The summed E-state index contributed by atoms with van der Waals surface area (Å²) in [6.45, 7) is 8.46. The topological polar surface area (TPSA) is 69.0 Å². The van der Waals surface area contributed by atoms with Crippen LogP contribution >= 0.6 is 0 Å². The van der Waals surface area contributed by atoms with Crippen LogP contribution in [0.4, 0.5) is 4.39 Å². The molecule has 1 aromatic heterocycles. The van der Waals surface area contributed by atoms with Gasteiger partial charge in [-0.3, -0.25) is 4.90 Å². The van der Waals surface area contributed by atoms with Gasteiger partial charge < -0.3 is 19.3 Å². The Labute approximate surface area is 211 Å². The standard InChI is InChI=1S/C28H34FN3O4/c1-3-14-34-20-24(33)17-31(18-26-13-8-15-35-26)19-27-21(2)30-32(23-10-5-4-6-11-23)28(27)36-25-12-7-9-22(29)16-25/h3-7,9-12,16,24,26,33H,1,8,13-15,17-20H2,2H3/t24-,26+/m0/s1. The Bertz CT molecular complexity index is 1120. The number of rotatable bonds is 13. The number of ether oxygens (including phenoxy) is 3. The zero-order valence-corrected chi connectivity index (χ0v) is 20.7. The monoisotopic (exact) mass is 495 g/mol. The minimum Gasteiger partial charge on any atom is -0.438 e. The minimum absolute atomic E-state index is 0.100. The normalized spacial score (nSPS) is 16.4. The van der Waals surface area contributed by atoms with Crippen LogP contribution < -0.4 is 4.74 Å². The molecule has 2 atom stereocenters. The molecule has 1 fully saturated rings. The molecule has 0 aliphatic carbocycles. The Kier molecular flexibility index (Phi) is 9.24. The van der Waals surface area contributed by atoms with Gasteiger partial charge in [-0.05, 0) is 44.0 Å². The molecule has 4 rings (SSSR count). The van der Waals surface area contributed by atoms with Crippen molar-refractivity contribution in [2.45, 2.75) is 38.5 Å². The van der Waals surface area contributed by atoms with Crippen LogP contribution in [0.2, 0.25) is 0 Å². The maximum atomic E-state index is 13.9. The first-order valence-electron chi connectivity index (χ1n) is 12.3. The summed E-state index contributed by atoms with van der Waals surface area (Å²) in [6.07, 6.45) is 3.09. The summed E-state index contributed by atoms with van der Waals surface area (Å²) in [5.41, 5.74) is 2.49. The fraction of sp³-hybridized carbons (Fsp3) is 0.393. The molecule has 0 unspecified atom stereocenters. The van der Waals surface area contributed by atoms with Crippen molar-refractivity contribution in [1.29, 1.82) is 0 Å². The van der Waals surface area contributed by atoms with Crippen LogP contribution in [-0.2, 0) is 16.0 Å². The van der Waals surface area contributed by atoms with Crippen LogP contribution in [0.25, 0.3) is 5.69 Å². The number of hydrogen-bond donors (Lipinski definition) is 1. The maximum absolute atomic E-state index is 13.9. The smallest absolute Gasteiger partial charge is 0.227 e. The van der Waals surface area contributed by atoms with Gasteiger partial charge >= 0.3 is 0 Å². The van der Waals surface area contributed by atoms with E-state index in [0.29, 0.717) is 37.9 Å². The summed E-state index contributed by atoms with van der Waals surface area (Å²) < 4.78 is 33.3. The fourth-order valence-corrected chi connectivity index (χ4v) is 4.35. The summed E-state index contributed by atoms with van der Waals surface area (Å²) in [4.78, 5) is 2.15. The van der Waals surface area contributed by atoms with E-state index < -0.39 is 6.10 Å². The highest BCUT2D eigenvalue weighted by molar-refractivity contribution is 5.43. The Morgan fingerprint density at radius 3 is 2.83 bits per heavy atom. The predicted octanol–water partition coefficient (Wildman–Crippen LogP) is 4.66. The van der Waals surface area contributed by atoms with Crippen molar-refractivity contribution in [3.05, 3.63) is 84.3 Å². The van der Waals surface area contributed by atoms with Crippen LogP contribution in [0.5, 0.6) is 11.6 Å². The Balaban J connectivity index is 1.64. The van der Waals surface area contributed by atoms with Crippen LogP contribution in [0, 0.1) is 12.7 Å². The molecule has 0 radical (unpaired) electrons. The largest absolute Gasteiger partial charge is 0.438 e. The third-order valence-electron chi connectivity index (χ3n) is 6.03. The second kappa shape index (κ2) is 12.8. The van der Waals surface area contributed by atoms with E-state index in [0.717, 1.165) is 36.4 Å². The fourth-order valence-electron chi connectivity index (χ4n) is 4.35. The molecule has 2 aromatic carbocycles. The van der Waals surface area contributed by atoms with Gasteiger partial charge in [0.2, 0.25) is 5.88 Å². The van der Waals surface area contributed by atoms with Crippen molar-refractivity contribution in [1.82, 2.24) is 14.7 Å². The van der Waals surface area contributed by atoms with Crippen LogP contribution in [0.3, 0.4) is 0 Å². The van der Waals surface area contributed by atoms with Gasteiger partial charge in [0.05, 0.1) is 42.4 Å².